The predicted molar refractivity (Wildman–Crippen MR) is 135 cm³/mol. The molecule has 4 rings (SSSR count). The first-order chi connectivity index (χ1) is 17.2. The third kappa shape index (κ3) is 4.56. The second kappa shape index (κ2) is 10.3. The molecule has 36 heavy (non-hydrogen) atoms. The molecule has 1 unspecified atom stereocenters. The van der Waals surface area contributed by atoms with Gasteiger partial charge in [-0.05, 0) is 49.4 Å². The molecule has 2 fully saturated rings. The molecule has 2 saturated heterocycles. The standard InChI is InChI=1S/C28H34FN3O4/c1-5-19(3)23(25(33)36-4)30-27(35)31-15-13-28(14-16-31)24(20-11-9-18(2)10-12-20)32(26(28)34)22-8-6-7-21(29)17-22/h6-12,17,19,23-24H,5,13-16H2,1-4H3,(H,30,35)/t19-,23-,24?/m0/s1. The van der Waals surface area contributed by atoms with Crippen molar-refractivity contribution in [2.45, 2.75) is 52.1 Å². The van der Waals surface area contributed by atoms with Crippen LogP contribution in [0.1, 0.15) is 50.3 Å². The lowest BCUT2D eigenvalue weighted by Gasteiger charge is -2.59. The van der Waals surface area contributed by atoms with E-state index in [9.17, 15) is 18.8 Å². The van der Waals surface area contributed by atoms with Gasteiger partial charge in [-0.1, -0.05) is 56.2 Å². The van der Waals surface area contributed by atoms with Crippen molar-refractivity contribution in [3.63, 3.8) is 0 Å². The highest BCUT2D eigenvalue weighted by Crippen LogP contribution is 2.57. The Morgan fingerprint density at radius 2 is 1.83 bits per heavy atom. The number of carbonyl (C=O) groups excluding carboxylic acids is 3. The molecule has 0 aliphatic carbocycles. The molecule has 1 N–H and O–H groups in total. The highest BCUT2D eigenvalue weighted by molar-refractivity contribution is 6.06. The number of hydrogen-bond acceptors (Lipinski definition) is 4. The molecule has 2 heterocycles. The van der Waals surface area contributed by atoms with Crippen molar-refractivity contribution in [1.82, 2.24) is 10.2 Å². The molecule has 2 aliphatic heterocycles. The molecule has 7 nitrogen and oxygen atoms in total. The van der Waals surface area contributed by atoms with Gasteiger partial charge in [0.15, 0.2) is 0 Å². The van der Waals surface area contributed by atoms with Gasteiger partial charge in [-0.25, -0.2) is 14.0 Å². The smallest absolute Gasteiger partial charge is 0.328 e. The number of ether oxygens (including phenoxy) is 1. The Morgan fingerprint density at radius 1 is 1.17 bits per heavy atom. The Bertz CT molecular complexity index is 1130. The van der Waals surface area contributed by atoms with Gasteiger partial charge in [0.05, 0.1) is 18.6 Å². The van der Waals surface area contributed by atoms with E-state index in [2.05, 4.69) is 5.32 Å². The lowest BCUT2D eigenvalue weighted by molar-refractivity contribution is -0.144. The summed E-state index contributed by atoms with van der Waals surface area (Å²) in [6, 6.07) is 12.9. The number of urea groups is 1. The van der Waals surface area contributed by atoms with Crippen molar-refractivity contribution in [3.8, 4) is 0 Å². The van der Waals surface area contributed by atoms with Crippen LogP contribution in [0, 0.1) is 24.1 Å². The van der Waals surface area contributed by atoms with Gasteiger partial charge in [0.1, 0.15) is 11.9 Å². The summed E-state index contributed by atoms with van der Waals surface area (Å²) in [5, 5.41) is 2.83. The highest BCUT2D eigenvalue weighted by atomic mass is 19.1. The lowest BCUT2D eigenvalue weighted by Crippen LogP contribution is -2.67. The van der Waals surface area contributed by atoms with Crippen LogP contribution in [0.25, 0.3) is 0 Å². The average molecular weight is 496 g/mol. The largest absolute Gasteiger partial charge is 0.467 e. The number of amides is 3. The van der Waals surface area contributed by atoms with E-state index in [1.165, 1.54) is 19.2 Å². The molecule has 2 aliphatic rings. The minimum absolute atomic E-state index is 0.0502. The number of anilines is 1. The van der Waals surface area contributed by atoms with Crippen molar-refractivity contribution in [2.24, 2.45) is 11.3 Å². The summed E-state index contributed by atoms with van der Waals surface area (Å²) in [5.41, 5.74) is 1.97. The van der Waals surface area contributed by atoms with Gasteiger partial charge >= 0.3 is 12.0 Å². The number of rotatable bonds is 6. The lowest BCUT2D eigenvalue weighted by atomic mass is 9.62. The van der Waals surface area contributed by atoms with Gasteiger partial charge in [-0.2, -0.15) is 0 Å². The summed E-state index contributed by atoms with van der Waals surface area (Å²) in [5.74, 6) is -0.982. The second-order valence-electron chi connectivity index (χ2n) is 9.95. The number of likely N-dealkylation sites (tertiary alicyclic amines) is 1. The molecule has 3 amide bonds. The number of nitrogens with one attached hydrogen (secondary N) is 1. The van der Waals surface area contributed by atoms with E-state index in [-0.39, 0.29) is 23.9 Å². The van der Waals surface area contributed by atoms with E-state index >= 15 is 0 Å². The summed E-state index contributed by atoms with van der Waals surface area (Å²) in [6.45, 7) is 6.62. The number of esters is 1. The Labute approximate surface area is 211 Å². The van der Waals surface area contributed by atoms with Gasteiger partial charge in [0.25, 0.3) is 0 Å². The maximum atomic E-state index is 14.0. The van der Waals surface area contributed by atoms with Crippen molar-refractivity contribution < 1.29 is 23.5 Å². The Balaban J connectivity index is 1.54. The SMILES string of the molecule is CC[C@H](C)[C@H](NC(=O)N1CCC2(CC1)C(=O)N(c1cccc(F)c1)C2c1ccc(C)cc1)C(=O)OC. The van der Waals surface area contributed by atoms with Crippen LogP contribution >= 0.6 is 0 Å². The molecule has 8 heteroatoms. The van der Waals surface area contributed by atoms with Gasteiger partial charge in [0, 0.05) is 18.8 Å². The molecule has 2 aromatic rings. The average Bonchev–Trinajstić information content (AvgIpc) is 2.89. The van der Waals surface area contributed by atoms with Crippen LogP contribution in [0.5, 0.6) is 0 Å². The van der Waals surface area contributed by atoms with Crippen molar-refractivity contribution in [2.75, 3.05) is 25.1 Å². The van der Waals surface area contributed by atoms with Gasteiger partial charge in [-0.15, -0.1) is 0 Å². The second-order valence-corrected chi connectivity index (χ2v) is 9.95. The monoisotopic (exact) mass is 495 g/mol. The summed E-state index contributed by atoms with van der Waals surface area (Å²) in [4.78, 5) is 42.2. The molecule has 0 aromatic heterocycles. The number of carbonyl (C=O) groups is 3. The number of methoxy groups -OCH3 is 1. The van der Waals surface area contributed by atoms with Crippen molar-refractivity contribution >= 4 is 23.6 Å². The van der Waals surface area contributed by atoms with Crippen LogP contribution in [0.15, 0.2) is 48.5 Å². The quantitative estimate of drug-likeness (QED) is 0.469. The van der Waals surface area contributed by atoms with Crippen molar-refractivity contribution in [1.29, 1.82) is 0 Å². The molecular weight excluding hydrogens is 461 g/mol. The normalized spacial score (nSPS) is 20.5. The van der Waals surface area contributed by atoms with E-state index in [4.69, 9.17) is 4.74 Å². The van der Waals surface area contributed by atoms with E-state index < -0.39 is 23.2 Å². The summed E-state index contributed by atoms with van der Waals surface area (Å²) in [7, 11) is 1.31. The molecule has 2 aromatic carbocycles. The van der Waals surface area contributed by atoms with E-state index in [1.54, 1.807) is 21.9 Å². The van der Waals surface area contributed by atoms with E-state index in [0.717, 1.165) is 11.1 Å². The third-order valence-corrected chi connectivity index (χ3v) is 7.80. The number of aryl methyl sites for hydroxylation is 1. The number of nitrogens with zero attached hydrogens (tertiary/aromatic N) is 2. The van der Waals surface area contributed by atoms with Crippen LogP contribution in [0.4, 0.5) is 14.9 Å². The fourth-order valence-corrected chi connectivity index (χ4v) is 5.38. The van der Waals surface area contributed by atoms with Crippen LogP contribution < -0.4 is 10.2 Å². The molecule has 0 radical (unpaired) electrons. The Kier molecular flexibility index (Phi) is 7.33. The van der Waals surface area contributed by atoms with Crippen LogP contribution in [0.3, 0.4) is 0 Å². The molecule has 1 spiro atoms. The Hall–Kier alpha value is -3.42. The topological polar surface area (TPSA) is 79.0 Å². The molecule has 192 valence electrons. The van der Waals surface area contributed by atoms with Crippen LogP contribution in [-0.2, 0) is 14.3 Å². The number of benzene rings is 2. The summed E-state index contributed by atoms with van der Waals surface area (Å²) in [6.07, 6.45) is 1.68. The summed E-state index contributed by atoms with van der Waals surface area (Å²) >= 11 is 0. The minimum atomic E-state index is -0.725. The fourth-order valence-electron chi connectivity index (χ4n) is 5.38. The molecule has 0 saturated carbocycles. The first kappa shape index (κ1) is 25.7. The maximum Gasteiger partial charge on any atom is 0.328 e. The predicted octanol–water partition coefficient (Wildman–Crippen LogP) is 4.60. The van der Waals surface area contributed by atoms with Gasteiger partial charge < -0.3 is 19.9 Å². The zero-order chi connectivity index (χ0) is 26.0. The number of halogens is 1. The summed E-state index contributed by atoms with van der Waals surface area (Å²) < 4.78 is 18.9. The Morgan fingerprint density at radius 3 is 2.42 bits per heavy atom. The minimum Gasteiger partial charge on any atom is -0.467 e. The van der Waals surface area contributed by atoms with Gasteiger partial charge in [-0.3, -0.25) is 4.79 Å². The molecule has 3 atom stereocenters. The zero-order valence-corrected chi connectivity index (χ0v) is 21.3. The van der Waals surface area contributed by atoms with E-state index in [1.807, 2.05) is 45.0 Å². The van der Waals surface area contributed by atoms with Crippen LogP contribution in [-0.4, -0.2) is 49.0 Å². The first-order valence-corrected chi connectivity index (χ1v) is 12.5. The van der Waals surface area contributed by atoms with Gasteiger partial charge in [0.2, 0.25) is 5.91 Å². The van der Waals surface area contributed by atoms with E-state index in [0.29, 0.717) is 38.0 Å². The highest BCUT2D eigenvalue weighted by Gasteiger charge is 2.62. The third-order valence-electron chi connectivity index (χ3n) is 7.80. The molecule has 0 bridgehead atoms. The number of piperidine rings is 1. The maximum absolute atomic E-state index is 14.0. The zero-order valence-electron chi connectivity index (χ0n) is 21.3. The fraction of sp³-hybridized carbons (Fsp3) is 0.464. The molecular formula is C28H34FN3O4. The number of hydrogen-bond donors (Lipinski definition) is 1. The van der Waals surface area contributed by atoms with Crippen molar-refractivity contribution in [3.05, 3.63) is 65.5 Å². The van der Waals surface area contributed by atoms with Crippen LogP contribution in [0.2, 0.25) is 0 Å². The first-order valence-electron chi connectivity index (χ1n) is 12.5. The number of β-lactam (4-membered cyclic amide) rings is 1.